The first-order valence-electron chi connectivity index (χ1n) is 6.29. The van der Waals surface area contributed by atoms with E-state index in [0.29, 0.717) is 5.92 Å². The largest absolute Gasteiger partial charge is 0.320 e. The highest BCUT2D eigenvalue weighted by molar-refractivity contribution is 5.49. The van der Waals surface area contributed by atoms with E-state index in [0.717, 1.165) is 24.2 Å². The minimum Gasteiger partial charge on any atom is -0.320 e. The van der Waals surface area contributed by atoms with Crippen LogP contribution in [0.25, 0.3) is 5.65 Å². The highest BCUT2D eigenvalue weighted by atomic mass is 15.1. The number of hydrogen-bond acceptors (Lipinski definition) is 2. The van der Waals surface area contributed by atoms with Crippen molar-refractivity contribution in [1.29, 1.82) is 0 Å². The van der Waals surface area contributed by atoms with Gasteiger partial charge in [0.2, 0.25) is 0 Å². The van der Waals surface area contributed by atoms with Crippen LogP contribution < -0.4 is 5.73 Å². The molecule has 0 bridgehead atoms. The molecule has 1 aliphatic carbocycles. The molecule has 1 saturated carbocycles. The van der Waals surface area contributed by atoms with Gasteiger partial charge in [-0.1, -0.05) is 13.8 Å². The third-order valence-corrected chi connectivity index (χ3v) is 3.62. The van der Waals surface area contributed by atoms with Crippen molar-refractivity contribution in [1.82, 2.24) is 9.38 Å². The lowest BCUT2D eigenvalue weighted by Gasteiger charge is -2.13. The number of nitrogens with zero attached hydrogens (tertiary/aromatic N) is 2. The molecule has 90 valence electrons. The molecule has 0 aliphatic heterocycles. The summed E-state index contributed by atoms with van der Waals surface area (Å²) in [5.41, 5.74) is 10.9. The summed E-state index contributed by atoms with van der Waals surface area (Å²) in [6.07, 6.45) is 4.26. The molecule has 1 fully saturated rings. The zero-order valence-corrected chi connectivity index (χ0v) is 10.7. The van der Waals surface area contributed by atoms with E-state index in [4.69, 9.17) is 10.7 Å². The fourth-order valence-electron chi connectivity index (χ4n) is 2.43. The molecule has 2 aromatic rings. The van der Waals surface area contributed by atoms with Crippen molar-refractivity contribution in [3.8, 4) is 0 Å². The summed E-state index contributed by atoms with van der Waals surface area (Å²) in [6, 6.07) is 4.25. The Bertz CT molecular complexity index is 576. The van der Waals surface area contributed by atoms with Crippen LogP contribution in [0.1, 0.15) is 49.6 Å². The van der Waals surface area contributed by atoms with Crippen LogP contribution >= 0.6 is 0 Å². The van der Waals surface area contributed by atoms with Gasteiger partial charge in [-0.3, -0.25) is 0 Å². The van der Waals surface area contributed by atoms with Gasteiger partial charge in [0.1, 0.15) is 5.65 Å². The molecule has 1 aliphatic rings. The second kappa shape index (κ2) is 3.33. The summed E-state index contributed by atoms with van der Waals surface area (Å²) in [6.45, 7) is 6.46. The third kappa shape index (κ3) is 1.57. The van der Waals surface area contributed by atoms with Gasteiger partial charge < -0.3 is 10.1 Å². The maximum absolute atomic E-state index is 6.39. The molecule has 0 spiro atoms. The first-order chi connectivity index (χ1) is 8.01. The Morgan fingerprint density at radius 3 is 2.71 bits per heavy atom. The highest BCUT2D eigenvalue weighted by Crippen LogP contribution is 2.45. The van der Waals surface area contributed by atoms with E-state index >= 15 is 0 Å². The van der Waals surface area contributed by atoms with Crippen LogP contribution in [0.5, 0.6) is 0 Å². The van der Waals surface area contributed by atoms with Crippen LogP contribution in [0.3, 0.4) is 0 Å². The average molecular weight is 229 g/mol. The van der Waals surface area contributed by atoms with E-state index < -0.39 is 0 Å². The summed E-state index contributed by atoms with van der Waals surface area (Å²) in [4.78, 5) is 4.76. The van der Waals surface area contributed by atoms with Gasteiger partial charge in [-0.2, -0.15) is 0 Å². The van der Waals surface area contributed by atoms with E-state index in [1.807, 2.05) is 0 Å². The van der Waals surface area contributed by atoms with E-state index in [2.05, 4.69) is 43.5 Å². The van der Waals surface area contributed by atoms with Gasteiger partial charge in [0.15, 0.2) is 0 Å². The van der Waals surface area contributed by atoms with Crippen LogP contribution in [0.15, 0.2) is 18.3 Å². The van der Waals surface area contributed by atoms with Crippen LogP contribution in [0, 0.1) is 6.92 Å². The fourth-order valence-corrected chi connectivity index (χ4v) is 2.43. The number of nitrogens with two attached hydrogens (primary N) is 1. The first kappa shape index (κ1) is 10.8. The van der Waals surface area contributed by atoms with E-state index in [1.165, 1.54) is 11.3 Å². The predicted molar refractivity (Wildman–Crippen MR) is 69.1 cm³/mol. The molecule has 0 atom stereocenters. The van der Waals surface area contributed by atoms with Crippen molar-refractivity contribution >= 4 is 5.65 Å². The summed E-state index contributed by atoms with van der Waals surface area (Å²) in [7, 11) is 0. The minimum atomic E-state index is -0.131. The monoisotopic (exact) mass is 229 g/mol. The lowest BCUT2D eigenvalue weighted by molar-refractivity contribution is 0.668. The molecular formula is C14H19N3. The van der Waals surface area contributed by atoms with Crippen LogP contribution in [0.4, 0.5) is 0 Å². The molecule has 0 aromatic carbocycles. The maximum Gasteiger partial charge on any atom is 0.137 e. The predicted octanol–water partition coefficient (Wildman–Crippen LogP) is 2.71. The molecule has 2 N–H and O–H groups in total. The van der Waals surface area contributed by atoms with Crippen molar-refractivity contribution in [3.05, 3.63) is 35.3 Å². The second-order valence-corrected chi connectivity index (χ2v) is 5.59. The van der Waals surface area contributed by atoms with E-state index in [-0.39, 0.29) is 5.54 Å². The van der Waals surface area contributed by atoms with Crippen LogP contribution in [-0.4, -0.2) is 9.38 Å². The minimum absolute atomic E-state index is 0.131. The lowest BCUT2D eigenvalue weighted by atomic mass is 10.0. The smallest absolute Gasteiger partial charge is 0.137 e. The summed E-state index contributed by atoms with van der Waals surface area (Å²) < 4.78 is 2.18. The molecular weight excluding hydrogens is 210 g/mol. The van der Waals surface area contributed by atoms with Gasteiger partial charge in [-0.15, -0.1) is 0 Å². The van der Waals surface area contributed by atoms with E-state index in [9.17, 15) is 0 Å². The number of rotatable bonds is 2. The van der Waals surface area contributed by atoms with E-state index in [1.54, 1.807) is 0 Å². The Morgan fingerprint density at radius 1 is 1.41 bits per heavy atom. The molecule has 3 nitrogen and oxygen atoms in total. The molecule has 0 radical (unpaired) electrons. The van der Waals surface area contributed by atoms with Crippen molar-refractivity contribution in [2.24, 2.45) is 5.73 Å². The molecule has 0 amide bonds. The molecule has 2 heterocycles. The molecule has 0 saturated heterocycles. The third-order valence-electron chi connectivity index (χ3n) is 3.62. The number of pyridine rings is 1. The Kier molecular flexibility index (Phi) is 2.11. The zero-order chi connectivity index (χ0) is 12.2. The van der Waals surface area contributed by atoms with Gasteiger partial charge in [0.05, 0.1) is 16.9 Å². The summed E-state index contributed by atoms with van der Waals surface area (Å²) in [5, 5.41) is 0. The van der Waals surface area contributed by atoms with Crippen LogP contribution in [-0.2, 0) is 5.54 Å². The molecule has 2 aromatic heterocycles. The van der Waals surface area contributed by atoms with Crippen molar-refractivity contribution < 1.29 is 0 Å². The number of imidazole rings is 1. The van der Waals surface area contributed by atoms with Gasteiger partial charge in [0, 0.05) is 6.20 Å². The number of aryl methyl sites for hydroxylation is 1. The number of hydrogen-bond donors (Lipinski definition) is 1. The van der Waals surface area contributed by atoms with Crippen molar-refractivity contribution in [3.63, 3.8) is 0 Å². The maximum atomic E-state index is 6.39. The molecule has 17 heavy (non-hydrogen) atoms. The Morgan fingerprint density at radius 2 is 2.12 bits per heavy atom. The van der Waals surface area contributed by atoms with Crippen molar-refractivity contribution in [2.45, 2.75) is 45.1 Å². The quantitative estimate of drug-likeness (QED) is 0.860. The van der Waals surface area contributed by atoms with Gasteiger partial charge in [0.25, 0.3) is 0 Å². The average Bonchev–Trinajstić information content (AvgIpc) is 2.88. The zero-order valence-electron chi connectivity index (χ0n) is 10.7. The summed E-state index contributed by atoms with van der Waals surface area (Å²) >= 11 is 0. The lowest BCUT2D eigenvalue weighted by Crippen LogP contribution is -2.23. The molecule has 0 unspecified atom stereocenters. The van der Waals surface area contributed by atoms with Crippen molar-refractivity contribution in [2.75, 3.05) is 0 Å². The van der Waals surface area contributed by atoms with Crippen LogP contribution in [0.2, 0.25) is 0 Å². The number of aromatic nitrogens is 2. The normalized spacial score (nSPS) is 17.9. The molecule has 3 heteroatoms. The molecule has 3 rings (SSSR count). The SMILES string of the molecule is Cc1ccn2c(C3(N)CC3)c(C(C)C)nc2c1. The first-order valence-corrected chi connectivity index (χ1v) is 6.29. The highest BCUT2D eigenvalue weighted by Gasteiger charge is 2.44. The van der Waals surface area contributed by atoms with Gasteiger partial charge in [-0.25, -0.2) is 4.98 Å². The standard InChI is InChI=1S/C14H19N3/c1-9(2)12-13(14(15)5-6-14)17-7-4-10(3)8-11(17)16-12/h4,7-9H,5-6,15H2,1-3H3. The summed E-state index contributed by atoms with van der Waals surface area (Å²) in [5.74, 6) is 0.422. The Hall–Kier alpha value is -1.35. The Balaban J connectivity index is 2.32. The topological polar surface area (TPSA) is 43.3 Å². The fraction of sp³-hybridized carbons (Fsp3) is 0.500. The van der Waals surface area contributed by atoms with Gasteiger partial charge >= 0.3 is 0 Å². The Labute approximate surface area is 102 Å². The van der Waals surface area contributed by atoms with Gasteiger partial charge in [-0.05, 0) is 43.4 Å². The number of fused-ring (bicyclic) bond motifs is 1. The second-order valence-electron chi connectivity index (χ2n) is 5.59.